The number of hydrogen-bond acceptors (Lipinski definition) is 4. The Kier molecular flexibility index (Phi) is 4.06. The lowest BCUT2D eigenvalue weighted by Gasteiger charge is -2.32. The zero-order chi connectivity index (χ0) is 15.1. The van der Waals surface area contributed by atoms with E-state index in [-0.39, 0.29) is 11.2 Å². The highest BCUT2D eigenvalue weighted by Crippen LogP contribution is 2.36. The summed E-state index contributed by atoms with van der Waals surface area (Å²) in [6.45, 7) is 10.1. The van der Waals surface area contributed by atoms with Crippen molar-refractivity contribution in [3.05, 3.63) is 28.8 Å². The molecular formula is C15H21BO3S. The van der Waals surface area contributed by atoms with E-state index in [2.05, 4.69) is 12.6 Å². The first kappa shape index (κ1) is 15.6. The summed E-state index contributed by atoms with van der Waals surface area (Å²) in [6.07, 6.45) is 0.848. The van der Waals surface area contributed by atoms with Crippen LogP contribution in [0.25, 0.3) is 0 Å². The number of carbonyl (C=O) groups is 1. The third-order valence-electron chi connectivity index (χ3n) is 4.39. The Morgan fingerprint density at radius 2 is 1.75 bits per heavy atom. The van der Waals surface area contributed by atoms with Crippen molar-refractivity contribution in [1.82, 2.24) is 0 Å². The van der Waals surface area contributed by atoms with Crippen molar-refractivity contribution in [2.75, 3.05) is 0 Å². The summed E-state index contributed by atoms with van der Waals surface area (Å²) in [5.41, 5.74) is 2.87. The minimum atomic E-state index is -0.446. The van der Waals surface area contributed by atoms with Crippen molar-refractivity contribution in [3.8, 4) is 0 Å². The van der Waals surface area contributed by atoms with Gasteiger partial charge in [0.2, 0.25) is 0 Å². The van der Waals surface area contributed by atoms with Gasteiger partial charge >= 0.3 is 7.12 Å². The Balaban J connectivity index is 2.47. The van der Waals surface area contributed by atoms with Crippen molar-refractivity contribution in [3.63, 3.8) is 0 Å². The molecule has 1 saturated heterocycles. The summed E-state index contributed by atoms with van der Waals surface area (Å²) in [4.78, 5) is 11.1. The Morgan fingerprint density at radius 3 is 2.20 bits per heavy atom. The first-order chi connectivity index (χ1) is 9.21. The maximum absolute atomic E-state index is 11.1. The van der Waals surface area contributed by atoms with E-state index in [1.54, 1.807) is 0 Å². The van der Waals surface area contributed by atoms with Crippen LogP contribution < -0.4 is 5.46 Å². The quantitative estimate of drug-likeness (QED) is 0.528. The first-order valence-electron chi connectivity index (χ1n) is 6.77. The van der Waals surface area contributed by atoms with E-state index in [0.717, 1.165) is 22.9 Å². The zero-order valence-electron chi connectivity index (χ0n) is 12.7. The summed E-state index contributed by atoms with van der Waals surface area (Å²) in [5.74, 6) is 0.583. The van der Waals surface area contributed by atoms with Crippen LogP contribution >= 0.6 is 12.6 Å². The SMILES string of the molecule is Cc1c(CS)cc(C=O)cc1B1OC(C)(C)C(C)(C)O1. The van der Waals surface area contributed by atoms with Gasteiger partial charge in [-0.3, -0.25) is 4.79 Å². The molecule has 0 amide bonds. The van der Waals surface area contributed by atoms with Crippen LogP contribution in [0.2, 0.25) is 0 Å². The number of rotatable bonds is 3. The fourth-order valence-corrected chi connectivity index (χ4v) is 2.60. The van der Waals surface area contributed by atoms with Gasteiger partial charge in [0.25, 0.3) is 0 Å². The van der Waals surface area contributed by atoms with E-state index < -0.39 is 7.12 Å². The molecule has 0 aromatic heterocycles. The normalized spacial score (nSPS) is 20.2. The molecule has 0 aliphatic carbocycles. The van der Waals surface area contributed by atoms with Crippen LogP contribution in [0.5, 0.6) is 0 Å². The second kappa shape index (κ2) is 5.21. The van der Waals surface area contributed by atoms with E-state index >= 15 is 0 Å². The second-order valence-corrected chi connectivity index (χ2v) is 6.57. The zero-order valence-corrected chi connectivity index (χ0v) is 13.6. The van der Waals surface area contributed by atoms with Crippen LogP contribution in [0.1, 0.15) is 49.2 Å². The molecule has 1 aromatic rings. The Bertz CT molecular complexity index is 524. The van der Waals surface area contributed by atoms with Gasteiger partial charge in [-0.1, -0.05) is 6.07 Å². The highest BCUT2D eigenvalue weighted by Gasteiger charge is 2.52. The molecule has 3 nitrogen and oxygen atoms in total. The largest absolute Gasteiger partial charge is 0.495 e. The van der Waals surface area contributed by atoms with Gasteiger partial charge in [0.15, 0.2) is 0 Å². The molecule has 1 aliphatic heterocycles. The van der Waals surface area contributed by atoms with Gasteiger partial charge in [-0.05, 0) is 57.3 Å². The molecule has 1 heterocycles. The number of thiol groups is 1. The maximum Gasteiger partial charge on any atom is 0.495 e. The number of benzene rings is 1. The molecule has 0 bridgehead atoms. The number of hydrogen-bond donors (Lipinski definition) is 1. The van der Waals surface area contributed by atoms with Crippen LogP contribution in [-0.2, 0) is 15.1 Å². The summed E-state index contributed by atoms with van der Waals surface area (Å²) >= 11 is 4.33. The van der Waals surface area contributed by atoms with Crippen LogP contribution in [0.3, 0.4) is 0 Å². The van der Waals surface area contributed by atoms with Crippen molar-refractivity contribution >= 4 is 31.5 Å². The van der Waals surface area contributed by atoms with Gasteiger partial charge < -0.3 is 9.31 Å². The lowest BCUT2D eigenvalue weighted by molar-refractivity contribution is 0.00578. The molecule has 2 rings (SSSR count). The Morgan fingerprint density at radius 1 is 1.20 bits per heavy atom. The fraction of sp³-hybridized carbons (Fsp3) is 0.533. The minimum absolute atomic E-state index is 0.386. The van der Waals surface area contributed by atoms with Gasteiger partial charge in [0.05, 0.1) is 11.2 Å². The van der Waals surface area contributed by atoms with Gasteiger partial charge in [-0.15, -0.1) is 0 Å². The average molecular weight is 292 g/mol. The predicted octanol–water partition coefficient (Wildman–Crippen LogP) is 2.54. The molecule has 0 N–H and O–H groups in total. The van der Waals surface area contributed by atoms with Crippen molar-refractivity contribution in [1.29, 1.82) is 0 Å². The van der Waals surface area contributed by atoms with Crippen molar-refractivity contribution in [2.24, 2.45) is 0 Å². The average Bonchev–Trinajstić information content (AvgIpc) is 2.58. The summed E-state index contributed by atoms with van der Waals surface area (Å²) in [6, 6.07) is 3.71. The predicted molar refractivity (Wildman–Crippen MR) is 85.0 cm³/mol. The van der Waals surface area contributed by atoms with E-state index in [0.29, 0.717) is 11.3 Å². The van der Waals surface area contributed by atoms with Gasteiger partial charge in [0.1, 0.15) is 6.29 Å². The third-order valence-corrected chi connectivity index (χ3v) is 4.73. The van der Waals surface area contributed by atoms with E-state index in [4.69, 9.17) is 9.31 Å². The van der Waals surface area contributed by atoms with Gasteiger partial charge in [-0.25, -0.2) is 0 Å². The molecule has 0 saturated carbocycles. The van der Waals surface area contributed by atoms with Crippen molar-refractivity contribution in [2.45, 2.75) is 51.6 Å². The van der Waals surface area contributed by atoms with E-state index in [1.165, 1.54) is 0 Å². The molecule has 0 atom stereocenters. The molecule has 0 radical (unpaired) electrons. The van der Waals surface area contributed by atoms with Crippen LogP contribution in [-0.4, -0.2) is 24.6 Å². The monoisotopic (exact) mass is 292 g/mol. The molecule has 1 aromatic carbocycles. The second-order valence-electron chi connectivity index (χ2n) is 6.26. The number of carbonyl (C=O) groups excluding carboxylic acids is 1. The van der Waals surface area contributed by atoms with Crippen LogP contribution in [0.15, 0.2) is 12.1 Å². The molecule has 108 valence electrons. The summed E-state index contributed by atoms with van der Waals surface area (Å²) in [5, 5.41) is 0. The van der Waals surface area contributed by atoms with E-state index in [1.807, 2.05) is 46.8 Å². The first-order valence-corrected chi connectivity index (χ1v) is 7.40. The van der Waals surface area contributed by atoms with E-state index in [9.17, 15) is 4.79 Å². The molecule has 0 unspecified atom stereocenters. The molecule has 0 spiro atoms. The minimum Gasteiger partial charge on any atom is -0.399 e. The molecular weight excluding hydrogens is 271 g/mol. The number of aldehydes is 1. The molecule has 1 fully saturated rings. The molecule has 1 aliphatic rings. The van der Waals surface area contributed by atoms with Gasteiger partial charge in [0, 0.05) is 11.3 Å². The Labute approximate surface area is 126 Å². The molecule has 20 heavy (non-hydrogen) atoms. The summed E-state index contributed by atoms with van der Waals surface area (Å²) < 4.78 is 12.1. The molecule has 5 heteroatoms. The van der Waals surface area contributed by atoms with Crippen LogP contribution in [0.4, 0.5) is 0 Å². The maximum atomic E-state index is 11.1. The Hall–Kier alpha value is -0.775. The highest BCUT2D eigenvalue weighted by molar-refractivity contribution is 7.79. The third kappa shape index (κ3) is 2.54. The standard InChI is InChI=1S/C15H21BO3S/c1-10-12(9-20)6-11(8-17)7-13(10)16-18-14(2,3)15(4,5)19-16/h6-8,20H,9H2,1-5H3. The summed E-state index contributed by atoms with van der Waals surface area (Å²) in [7, 11) is -0.446. The smallest absolute Gasteiger partial charge is 0.399 e. The fourth-order valence-electron chi connectivity index (χ4n) is 2.27. The van der Waals surface area contributed by atoms with Crippen LogP contribution in [0, 0.1) is 6.92 Å². The lowest BCUT2D eigenvalue weighted by atomic mass is 9.74. The van der Waals surface area contributed by atoms with Crippen molar-refractivity contribution < 1.29 is 14.1 Å². The highest BCUT2D eigenvalue weighted by atomic mass is 32.1. The van der Waals surface area contributed by atoms with Gasteiger partial charge in [-0.2, -0.15) is 12.6 Å². The topological polar surface area (TPSA) is 35.5 Å². The lowest BCUT2D eigenvalue weighted by Crippen LogP contribution is -2.41.